The third kappa shape index (κ3) is 2.81. The van der Waals surface area contributed by atoms with Crippen LogP contribution in [-0.4, -0.2) is 34.2 Å². The van der Waals surface area contributed by atoms with Gasteiger partial charge in [0.15, 0.2) is 28.8 Å². The van der Waals surface area contributed by atoms with Crippen molar-refractivity contribution >= 4 is 11.9 Å². The Kier molecular flexibility index (Phi) is 4.71. The van der Waals surface area contributed by atoms with E-state index < -0.39 is 5.82 Å². The number of ether oxygens (including phenoxy) is 5. The lowest BCUT2D eigenvalue weighted by Gasteiger charge is -2.14. The van der Waals surface area contributed by atoms with Gasteiger partial charge in [0.25, 0.3) is 0 Å². The molecule has 0 aliphatic carbocycles. The number of carbonyl (C=O) groups excluding carboxylic acids is 1. The summed E-state index contributed by atoms with van der Waals surface area (Å²) in [6.45, 7) is 0. The number of Topliss-reactive ketones (excluding diaryl/α,β-unsaturated/α-hetero) is 1. The minimum Gasteiger partial charge on any atom is -0.494 e. The smallest absolute Gasteiger partial charge is 0.232 e. The minimum atomic E-state index is -0.536. The molecule has 0 fully saturated rings. The van der Waals surface area contributed by atoms with Crippen molar-refractivity contribution in [1.82, 2.24) is 0 Å². The average Bonchev–Trinajstić information content (AvgIpc) is 2.95. The van der Waals surface area contributed by atoms with Gasteiger partial charge in [-0.2, -0.15) is 0 Å². The number of carbonyl (C=O) groups is 1. The van der Waals surface area contributed by atoms with Gasteiger partial charge >= 0.3 is 0 Å². The summed E-state index contributed by atoms with van der Waals surface area (Å²) in [7, 11) is 5.73. The van der Waals surface area contributed by atoms with Gasteiger partial charge in [-0.25, -0.2) is 4.39 Å². The number of allylic oxidation sites excluding steroid dienone is 1. The molecule has 0 amide bonds. The van der Waals surface area contributed by atoms with Gasteiger partial charge in [0.2, 0.25) is 17.3 Å². The Morgan fingerprint density at radius 2 is 1.62 bits per heavy atom. The van der Waals surface area contributed by atoms with E-state index in [0.29, 0.717) is 17.1 Å². The molecule has 0 saturated carbocycles. The lowest BCUT2D eigenvalue weighted by Crippen LogP contribution is -1.99. The monoisotopic (exact) mass is 360 g/mol. The first-order chi connectivity index (χ1) is 12.5. The summed E-state index contributed by atoms with van der Waals surface area (Å²) in [5.74, 6) is 0.398. The molecule has 0 radical (unpaired) electrons. The van der Waals surface area contributed by atoms with Crippen LogP contribution >= 0.6 is 0 Å². The predicted molar refractivity (Wildman–Crippen MR) is 92.0 cm³/mol. The fourth-order valence-corrected chi connectivity index (χ4v) is 2.71. The van der Waals surface area contributed by atoms with Gasteiger partial charge in [-0.3, -0.25) is 4.79 Å². The van der Waals surface area contributed by atoms with E-state index in [4.69, 9.17) is 23.7 Å². The molecule has 26 heavy (non-hydrogen) atoms. The number of rotatable bonds is 5. The van der Waals surface area contributed by atoms with Crippen LogP contribution in [-0.2, 0) is 0 Å². The summed E-state index contributed by atoms with van der Waals surface area (Å²) in [6.07, 6.45) is 1.45. The van der Waals surface area contributed by atoms with Crippen molar-refractivity contribution in [2.75, 3.05) is 28.4 Å². The summed E-state index contributed by atoms with van der Waals surface area (Å²) < 4.78 is 40.3. The third-order valence-electron chi connectivity index (χ3n) is 3.94. The number of hydrogen-bond acceptors (Lipinski definition) is 6. The molecular weight excluding hydrogens is 343 g/mol. The second-order valence-corrected chi connectivity index (χ2v) is 5.36. The van der Waals surface area contributed by atoms with Crippen LogP contribution in [0.5, 0.6) is 28.7 Å². The lowest BCUT2D eigenvalue weighted by molar-refractivity contribution is 0.101. The van der Waals surface area contributed by atoms with Gasteiger partial charge in [-0.15, -0.1) is 0 Å². The number of halogens is 1. The predicted octanol–water partition coefficient (Wildman–Crippen LogP) is 3.48. The standard InChI is InChI=1S/C19H17FO6/c1-22-13-6-5-10(7-12(13)20)8-14-16(21)11-9-15(23-2)18(24-3)19(25-4)17(11)26-14/h5-9H,1-4H3/b14-8-. The summed E-state index contributed by atoms with van der Waals surface area (Å²) in [6, 6.07) is 5.87. The first-order valence-electron chi connectivity index (χ1n) is 7.64. The van der Waals surface area contributed by atoms with Crippen molar-refractivity contribution in [3.63, 3.8) is 0 Å². The summed E-state index contributed by atoms with van der Waals surface area (Å²) >= 11 is 0. The van der Waals surface area contributed by atoms with Gasteiger partial charge in [0, 0.05) is 0 Å². The van der Waals surface area contributed by atoms with Crippen LogP contribution in [0.15, 0.2) is 30.0 Å². The highest BCUT2D eigenvalue weighted by atomic mass is 19.1. The highest BCUT2D eigenvalue weighted by Crippen LogP contribution is 2.50. The number of methoxy groups -OCH3 is 4. The molecule has 0 bridgehead atoms. The van der Waals surface area contributed by atoms with Crippen LogP contribution in [0.2, 0.25) is 0 Å². The fraction of sp³-hybridized carbons (Fsp3) is 0.211. The zero-order valence-electron chi connectivity index (χ0n) is 14.7. The van der Waals surface area contributed by atoms with Crippen LogP contribution in [0.25, 0.3) is 6.08 Å². The summed E-state index contributed by atoms with van der Waals surface area (Å²) in [4.78, 5) is 12.7. The molecule has 3 rings (SSSR count). The summed E-state index contributed by atoms with van der Waals surface area (Å²) in [5.41, 5.74) is 0.733. The number of hydrogen-bond donors (Lipinski definition) is 0. The summed E-state index contributed by atoms with van der Waals surface area (Å²) in [5, 5.41) is 0. The van der Waals surface area contributed by atoms with Gasteiger partial charge in [-0.05, 0) is 29.8 Å². The second kappa shape index (κ2) is 6.95. The van der Waals surface area contributed by atoms with Gasteiger partial charge < -0.3 is 23.7 Å². The molecule has 136 valence electrons. The van der Waals surface area contributed by atoms with E-state index in [1.165, 1.54) is 52.7 Å². The van der Waals surface area contributed by atoms with Crippen molar-refractivity contribution < 1.29 is 32.9 Å². The molecule has 0 aromatic heterocycles. The fourth-order valence-electron chi connectivity index (χ4n) is 2.71. The maximum absolute atomic E-state index is 13.9. The quantitative estimate of drug-likeness (QED) is 0.761. The lowest BCUT2D eigenvalue weighted by atomic mass is 10.1. The Labute approximate surface area is 149 Å². The highest BCUT2D eigenvalue weighted by molar-refractivity contribution is 6.15. The molecule has 2 aromatic rings. The first kappa shape index (κ1) is 17.6. The van der Waals surface area contributed by atoms with E-state index in [0.717, 1.165) is 0 Å². The van der Waals surface area contributed by atoms with Gasteiger partial charge in [0.1, 0.15) is 0 Å². The zero-order valence-corrected chi connectivity index (χ0v) is 14.7. The average molecular weight is 360 g/mol. The van der Waals surface area contributed by atoms with Crippen LogP contribution in [0.1, 0.15) is 15.9 Å². The van der Waals surface area contributed by atoms with E-state index in [9.17, 15) is 9.18 Å². The molecule has 2 aromatic carbocycles. The van der Waals surface area contributed by atoms with Gasteiger partial charge in [0.05, 0.1) is 34.0 Å². The Morgan fingerprint density at radius 3 is 2.19 bits per heavy atom. The molecule has 1 heterocycles. The Hall–Kier alpha value is -3.22. The van der Waals surface area contributed by atoms with E-state index in [2.05, 4.69) is 0 Å². The molecule has 6 nitrogen and oxygen atoms in total. The van der Waals surface area contributed by atoms with E-state index in [1.54, 1.807) is 6.07 Å². The molecular formula is C19H17FO6. The molecule has 1 aliphatic rings. The zero-order chi connectivity index (χ0) is 18.8. The maximum atomic E-state index is 13.9. The molecule has 0 spiro atoms. The highest BCUT2D eigenvalue weighted by Gasteiger charge is 2.34. The molecule has 0 unspecified atom stereocenters. The SMILES string of the molecule is COc1ccc(/C=C2\Oc3c(cc(OC)c(OC)c3OC)C2=O)cc1F. The Bertz CT molecular complexity index is 903. The Balaban J connectivity index is 2.06. The van der Waals surface area contributed by atoms with Crippen LogP contribution in [0, 0.1) is 5.82 Å². The molecule has 0 atom stereocenters. The van der Waals surface area contributed by atoms with Crippen molar-refractivity contribution in [1.29, 1.82) is 0 Å². The van der Waals surface area contributed by atoms with Crippen LogP contribution < -0.4 is 23.7 Å². The van der Waals surface area contributed by atoms with Crippen molar-refractivity contribution in [2.24, 2.45) is 0 Å². The molecule has 0 N–H and O–H groups in total. The topological polar surface area (TPSA) is 63.2 Å². The van der Waals surface area contributed by atoms with E-state index in [1.807, 2.05) is 0 Å². The number of fused-ring (bicyclic) bond motifs is 1. The van der Waals surface area contributed by atoms with Crippen molar-refractivity contribution in [3.05, 3.63) is 47.0 Å². The van der Waals surface area contributed by atoms with E-state index >= 15 is 0 Å². The van der Waals surface area contributed by atoms with Crippen molar-refractivity contribution in [3.8, 4) is 28.7 Å². The maximum Gasteiger partial charge on any atom is 0.232 e. The Morgan fingerprint density at radius 1 is 0.923 bits per heavy atom. The first-order valence-corrected chi connectivity index (χ1v) is 7.64. The molecule has 7 heteroatoms. The molecule has 0 saturated heterocycles. The number of ketones is 1. The minimum absolute atomic E-state index is 0.0400. The molecule has 1 aliphatic heterocycles. The normalized spacial score (nSPS) is 14.0. The van der Waals surface area contributed by atoms with Gasteiger partial charge in [-0.1, -0.05) is 6.07 Å². The number of benzene rings is 2. The van der Waals surface area contributed by atoms with E-state index in [-0.39, 0.29) is 34.4 Å². The van der Waals surface area contributed by atoms with Crippen LogP contribution in [0.4, 0.5) is 4.39 Å². The largest absolute Gasteiger partial charge is 0.494 e. The second-order valence-electron chi connectivity index (χ2n) is 5.36. The van der Waals surface area contributed by atoms with Crippen molar-refractivity contribution in [2.45, 2.75) is 0 Å². The van der Waals surface area contributed by atoms with Crippen LogP contribution in [0.3, 0.4) is 0 Å². The third-order valence-corrected chi connectivity index (χ3v) is 3.94.